The van der Waals surface area contributed by atoms with Gasteiger partial charge in [0.2, 0.25) is 0 Å². The smallest absolute Gasteiger partial charge is 0.392 e. The van der Waals surface area contributed by atoms with E-state index in [0.717, 1.165) is 4.90 Å². The molecular formula is C10H13F3N2O. The number of aryl methyl sites for hydroxylation is 1. The number of aliphatic hydroxyl groups excluding tert-OH is 1. The lowest BCUT2D eigenvalue weighted by Gasteiger charge is -2.20. The minimum Gasteiger partial charge on any atom is -0.392 e. The molecule has 0 radical (unpaired) electrons. The molecule has 0 aliphatic carbocycles. The summed E-state index contributed by atoms with van der Waals surface area (Å²) in [5.41, 5.74) is 1.15. The van der Waals surface area contributed by atoms with Crippen LogP contribution in [0.25, 0.3) is 0 Å². The van der Waals surface area contributed by atoms with Crippen LogP contribution in [0.5, 0.6) is 0 Å². The summed E-state index contributed by atoms with van der Waals surface area (Å²) in [6, 6.07) is 3.04. The van der Waals surface area contributed by atoms with E-state index in [0.29, 0.717) is 11.3 Å². The fourth-order valence-electron chi connectivity index (χ4n) is 1.31. The van der Waals surface area contributed by atoms with Gasteiger partial charge in [0.05, 0.1) is 6.61 Å². The molecule has 0 aromatic carbocycles. The first-order chi connectivity index (χ1) is 7.33. The van der Waals surface area contributed by atoms with Crippen molar-refractivity contribution in [3.63, 3.8) is 0 Å². The lowest BCUT2D eigenvalue weighted by atomic mass is 10.2. The number of aromatic nitrogens is 1. The number of hydrogen-bond donors (Lipinski definition) is 1. The Bertz CT molecular complexity index is 366. The van der Waals surface area contributed by atoms with Crippen LogP contribution < -0.4 is 4.90 Å². The zero-order valence-electron chi connectivity index (χ0n) is 9.04. The van der Waals surface area contributed by atoms with Crippen LogP contribution in [0.15, 0.2) is 12.1 Å². The lowest BCUT2D eigenvalue weighted by Crippen LogP contribution is -2.31. The maximum atomic E-state index is 12.1. The summed E-state index contributed by atoms with van der Waals surface area (Å²) in [5, 5.41) is 8.90. The van der Waals surface area contributed by atoms with Gasteiger partial charge in [0.25, 0.3) is 0 Å². The maximum absolute atomic E-state index is 12.1. The number of hydrogen-bond acceptors (Lipinski definition) is 3. The number of rotatable bonds is 3. The first-order valence-corrected chi connectivity index (χ1v) is 4.69. The summed E-state index contributed by atoms with van der Waals surface area (Å²) in [6.07, 6.45) is -4.25. The Morgan fingerprint density at radius 3 is 2.44 bits per heavy atom. The van der Waals surface area contributed by atoms with E-state index in [4.69, 9.17) is 5.11 Å². The van der Waals surface area contributed by atoms with Crippen molar-refractivity contribution < 1.29 is 18.3 Å². The summed E-state index contributed by atoms with van der Waals surface area (Å²) in [6.45, 7) is 0.441. The number of anilines is 1. The van der Waals surface area contributed by atoms with Gasteiger partial charge >= 0.3 is 6.18 Å². The van der Waals surface area contributed by atoms with Gasteiger partial charge in [0, 0.05) is 12.7 Å². The second kappa shape index (κ2) is 4.69. The lowest BCUT2D eigenvalue weighted by molar-refractivity contribution is -0.119. The summed E-state index contributed by atoms with van der Waals surface area (Å²) < 4.78 is 36.4. The van der Waals surface area contributed by atoms with Crippen LogP contribution >= 0.6 is 0 Å². The monoisotopic (exact) mass is 234 g/mol. The van der Waals surface area contributed by atoms with Crippen molar-refractivity contribution in [1.82, 2.24) is 4.98 Å². The second-order valence-electron chi connectivity index (χ2n) is 3.54. The first-order valence-electron chi connectivity index (χ1n) is 4.69. The molecule has 0 saturated carbocycles. The third kappa shape index (κ3) is 3.37. The van der Waals surface area contributed by atoms with Crippen molar-refractivity contribution in [3.8, 4) is 0 Å². The molecule has 0 amide bonds. The second-order valence-corrected chi connectivity index (χ2v) is 3.54. The largest absolute Gasteiger partial charge is 0.405 e. The minimum atomic E-state index is -4.25. The highest BCUT2D eigenvalue weighted by molar-refractivity contribution is 5.40. The van der Waals surface area contributed by atoms with Crippen molar-refractivity contribution in [2.75, 3.05) is 18.5 Å². The SMILES string of the molecule is Cc1nc(N(C)CC(F)(F)F)ccc1CO. The van der Waals surface area contributed by atoms with Gasteiger partial charge in [0.1, 0.15) is 12.4 Å². The molecule has 3 nitrogen and oxygen atoms in total. The standard InChI is InChI=1S/C10H13F3N2O/c1-7-8(5-16)3-4-9(14-7)15(2)6-10(11,12)13/h3-4,16H,5-6H2,1-2H3. The fourth-order valence-corrected chi connectivity index (χ4v) is 1.31. The number of pyridine rings is 1. The number of halogens is 3. The van der Waals surface area contributed by atoms with Crippen LogP contribution in [0.1, 0.15) is 11.3 Å². The van der Waals surface area contributed by atoms with E-state index in [1.165, 1.54) is 13.1 Å². The zero-order chi connectivity index (χ0) is 12.3. The van der Waals surface area contributed by atoms with E-state index in [2.05, 4.69) is 4.98 Å². The van der Waals surface area contributed by atoms with Crippen LogP contribution in [-0.4, -0.2) is 29.9 Å². The molecule has 16 heavy (non-hydrogen) atoms. The fraction of sp³-hybridized carbons (Fsp3) is 0.500. The molecule has 1 aromatic rings. The Kier molecular flexibility index (Phi) is 3.74. The van der Waals surface area contributed by atoms with Gasteiger partial charge < -0.3 is 10.0 Å². The molecule has 0 aliphatic rings. The molecule has 0 fully saturated rings. The highest BCUT2D eigenvalue weighted by atomic mass is 19.4. The summed E-state index contributed by atoms with van der Waals surface area (Å²) in [5.74, 6) is 0.243. The summed E-state index contributed by atoms with van der Waals surface area (Å²) in [4.78, 5) is 5.02. The Morgan fingerprint density at radius 2 is 2.00 bits per heavy atom. The molecule has 0 saturated heterocycles. The van der Waals surface area contributed by atoms with Gasteiger partial charge in [-0.15, -0.1) is 0 Å². The molecule has 0 unspecified atom stereocenters. The van der Waals surface area contributed by atoms with Crippen LogP contribution in [-0.2, 0) is 6.61 Å². The van der Waals surface area contributed by atoms with Crippen LogP contribution in [0.4, 0.5) is 19.0 Å². The molecular weight excluding hydrogens is 221 g/mol. The third-order valence-electron chi connectivity index (χ3n) is 2.16. The normalized spacial score (nSPS) is 11.6. The van der Waals surface area contributed by atoms with Gasteiger partial charge in [-0.1, -0.05) is 6.07 Å². The van der Waals surface area contributed by atoms with Gasteiger partial charge in [-0.05, 0) is 18.6 Å². The summed E-state index contributed by atoms with van der Waals surface area (Å²) >= 11 is 0. The predicted molar refractivity (Wildman–Crippen MR) is 54.2 cm³/mol. The highest BCUT2D eigenvalue weighted by Crippen LogP contribution is 2.20. The maximum Gasteiger partial charge on any atom is 0.405 e. The molecule has 90 valence electrons. The number of nitrogens with zero attached hydrogens (tertiary/aromatic N) is 2. The quantitative estimate of drug-likeness (QED) is 0.867. The molecule has 6 heteroatoms. The molecule has 1 heterocycles. The Labute approximate surface area is 91.5 Å². The van der Waals surface area contributed by atoms with Crippen molar-refractivity contribution in [1.29, 1.82) is 0 Å². The van der Waals surface area contributed by atoms with E-state index in [1.807, 2.05) is 0 Å². The van der Waals surface area contributed by atoms with E-state index in [9.17, 15) is 13.2 Å². The molecule has 1 aromatic heterocycles. The topological polar surface area (TPSA) is 36.4 Å². The van der Waals surface area contributed by atoms with Crippen molar-refractivity contribution in [2.24, 2.45) is 0 Å². The molecule has 0 aliphatic heterocycles. The van der Waals surface area contributed by atoms with Crippen LogP contribution in [0.3, 0.4) is 0 Å². The Hall–Kier alpha value is -1.30. The third-order valence-corrected chi connectivity index (χ3v) is 2.16. The van der Waals surface area contributed by atoms with Gasteiger partial charge in [-0.2, -0.15) is 13.2 Å². The van der Waals surface area contributed by atoms with E-state index in [-0.39, 0.29) is 12.4 Å². The van der Waals surface area contributed by atoms with Gasteiger partial charge in [-0.3, -0.25) is 0 Å². The Balaban J connectivity index is 2.85. The minimum absolute atomic E-state index is 0.165. The van der Waals surface area contributed by atoms with Crippen LogP contribution in [0.2, 0.25) is 0 Å². The molecule has 1 N–H and O–H groups in total. The molecule has 0 bridgehead atoms. The number of alkyl halides is 3. The first kappa shape index (κ1) is 12.8. The van der Waals surface area contributed by atoms with E-state index in [1.54, 1.807) is 13.0 Å². The predicted octanol–water partition coefficient (Wildman–Crippen LogP) is 1.88. The molecule has 0 atom stereocenters. The number of aliphatic hydroxyl groups is 1. The van der Waals surface area contributed by atoms with Crippen molar-refractivity contribution in [2.45, 2.75) is 19.7 Å². The zero-order valence-corrected chi connectivity index (χ0v) is 9.04. The molecule has 1 rings (SSSR count). The average Bonchev–Trinajstić information content (AvgIpc) is 2.15. The summed E-state index contributed by atoms with van der Waals surface area (Å²) in [7, 11) is 1.33. The Morgan fingerprint density at radius 1 is 1.38 bits per heavy atom. The van der Waals surface area contributed by atoms with E-state index >= 15 is 0 Å². The highest BCUT2D eigenvalue weighted by Gasteiger charge is 2.29. The van der Waals surface area contributed by atoms with Crippen molar-refractivity contribution >= 4 is 5.82 Å². The molecule has 0 spiro atoms. The van der Waals surface area contributed by atoms with Crippen LogP contribution in [0, 0.1) is 6.92 Å². The van der Waals surface area contributed by atoms with Crippen molar-refractivity contribution in [3.05, 3.63) is 23.4 Å². The van der Waals surface area contributed by atoms with Gasteiger partial charge in [-0.25, -0.2) is 4.98 Å². The average molecular weight is 234 g/mol. The van der Waals surface area contributed by atoms with E-state index < -0.39 is 12.7 Å². The van der Waals surface area contributed by atoms with Gasteiger partial charge in [0.15, 0.2) is 0 Å².